The number of anilines is 1. The molecule has 0 saturated carbocycles. The van der Waals surface area contributed by atoms with Crippen LogP contribution in [-0.2, 0) is 9.53 Å². The molecule has 10 nitrogen and oxygen atoms in total. The van der Waals surface area contributed by atoms with E-state index < -0.39 is 34.6 Å². The van der Waals surface area contributed by atoms with Gasteiger partial charge in [-0.25, -0.2) is 28.3 Å². The van der Waals surface area contributed by atoms with Gasteiger partial charge in [-0.15, -0.1) is 11.3 Å². The third-order valence-corrected chi connectivity index (χ3v) is 7.61. The number of rotatable bonds is 7. The largest absolute Gasteiger partial charge is 0.475 e. The molecule has 1 atom stereocenters. The number of thiazole rings is 1. The molecule has 2 N–H and O–H groups in total. The van der Waals surface area contributed by atoms with Crippen LogP contribution in [0.25, 0.3) is 0 Å². The van der Waals surface area contributed by atoms with Crippen LogP contribution in [0, 0.1) is 17.6 Å². The van der Waals surface area contributed by atoms with Crippen LogP contribution in [0.4, 0.5) is 14.8 Å². The summed E-state index contributed by atoms with van der Waals surface area (Å²) in [6.07, 6.45) is 3.81. The Morgan fingerprint density at radius 3 is 2.69 bits per heavy atom. The second kappa shape index (κ2) is 11.1. The lowest BCUT2D eigenvalue weighted by Gasteiger charge is -2.36. The number of nitrogens with one attached hydrogen (secondary N) is 1. The minimum Gasteiger partial charge on any atom is -0.475 e. The number of allylic oxidation sites excluding steroid dienone is 1. The summed E-state index contributed by atoms with van der Waals surface area (Å²) < 4.78 is 39.2. The van der Waals surface area contributed by atoms with Gasteiger partial charge in [0.05, 0.1) is 23.4 Å². The van der Waals surface area contributed by atoms with Crippen LogP contribution in [0.3, 0.4) is 0 Å². The van der Waals surface area contributed by atoms with Crippen molar-refractivity contribution in [2.24, 2.45) is 10.9 Å². The van der Waals surface area contributed by atoms with Gasteiger partial charge in [-0.05, 0) is 25.8 Å². The fourth-order valence-corrected chi connectivity index (χ4v) is 5.46. The summed E-state index contributed by atoms with van der Waals surface area (Å²) in [5.74, 6) is -4.32. The first-order valence-electron chi connectivity index (χ1n) is 12.0. The average Bonchev–Trinajstić information content (AvgIpc) is 3.65. The first-order chi connectivity index (χ1) is 18.8. The lowest BCUT2D eigenvalue weighted by molar-refractivity contribution is -0.139. The van der Waals surface area contributed by atoms with Crippen LogP contribution < -0.4 is 10.2 Å². The van der Waals surface area contributed by atoms with Crippen LogP contribution in [0.2, 0.25) is 5.02 Å². The van der Waals surface area contributed by atoms with Crippen LogP contribution in [0.5, 0.6) is 0 Å². The van der Waals surface area contributed by atoms with E-state index in [0.29, 0.717) is 42.5 Å². The molecule has 5 rings (SSSR count). The molecular formula is C25H22ClF2N5O5S. The Kier molecular flexibility index (Phi) is 7.62. The van der Waals surface area contributed by atoms with E-state index in [1.807, 2.05) is 4.90 Å². The van der Waals surface area contributed by atoms with Crippen molar-refractivity contribution in [1.29, 1.82) is 0 Å². The number of oxazole rings is 1. The molecule has 0 amide bonds. The molecule has 0 spiro atoms. The zero-order valence-corrected chi connectivity index (χ0v) is 22.1. The van der Waals surface area contributed by atoms with E-state index in [-0.39, 0.29) is 35.4 Å². The number of carbonyl (C=O) groups excluding carboxylic acids is 1. The average molecular weight is 578 g/mol. The molecule has 0 radical (unpaired) electrons. The molecule has 14 heteroatoms. The normalized spacial score (nSPS) is 18.1. The second-order valence-electron chi connectivity index (χ2n) is 8.73. The summed E-state index contributed by atoms with van der Waals surface area (Å²) in [4.78, 5) is 39.4. The van der Waals surface area contributed by atoms with Gasteiger partial charge in [0.1, 0.15) is 6.04 Å². The van der Waals surface area contributed by atoms with Gasteiger partial charge in [-0.1, -0.05) is 17.7 Å². The van der Waals surface area contributed by atoms with E-state index in [1.54, 1.807) is 18.5 Å². The first kappa shape index (κ1) is 26.8. The molecule has 3 aromatic rings. The van der Waals surface area contributed by atoms with Crippen molar-refractivity contribution < 1.29 is 32.6 Å². The predicted octanol–water partition coefficient (Wildman–Crippen LogP) is 4.59. The highest BCUT2D eigenvalue weighted by atomic mass is 35.5. The number of hydrogen-bond donors (Lipinski definition) is 2. The monoisotopic (exact) mass is 577 g/mol. The lowest BCUT2D eigenvalue weighted by Crippen LogP contribution is -2.41. The zero-order valence-electron chi connectivity index (χ0n) is 20.5. The fourth-order valence-electron chi connectivity index (χ4n) is 4.62. The Balaban J connectivity index is 1.54. The second-order valence-corrected chi connectivity index (χ2v) is 10.0. The van der Waals surface area contributed by atoms with Crippen molar-refractivity contribution in [2.75, 3.05) is 24.6 Å². The standard InChI is InChI=1S/C25H22ClF2N5O5S/c1-2-37-24(36)16-19(12-5-8-33(9-6-12)25-30-11-15(38-25)23(34)35)31-21(22-29-7-10-39-22)32-20(16)13-3-4-14(27)18(28)17(13)26/h3-4,7,10-12,20H,2,5-6,8-9H2,1H3,(H,31,32)(H,34,35). The molecule has 1 saturated heterocycles. The van der Waals surface area contributed by atoms with Gasteiger partial charge in [0, 0.05) is 41.8 Å². The van der Waals surface area contributed by atoms with E-state index in [4.69, 9.17) is 25.9 Å². The number of benzene rings is 1. The maximum absolute atomic E-state index is 14.5. The summed E-state index contributed by atoms with van der Waals surface area (Å²) in [7, 11) is 0. The molecule has 204 valence electrons. The lowest BCUT2D eigenvalue weighted by atomic mass is 9.85. The number of aromatic carboxylic acids is 1. The third-order valence-electron chi connectivity index (χ3n) is 6.44. The van der Waals surface area contributed by atoms with Crippen molar-refractivity contribution in [3.63, 3.8) is 0 Å². The molecule has 1 unspecified atom stereocenters. The van der Waals surface area contributed by atoms with Crippen molar-refractivity contribution in [2.45, 2.75) is 25.8 Å². The predicted molar refractivity (Wildman–Crippen MR) is 138 cm³/mol. The third kappa shape index (κ3) is 5.23. The maximum Gasteiger partial charge on any atom is 0.373 e. The van der Waals surface area contributed by atoms with Gasteiger partial charge in [-0.3, -0.25) is 4.99 Å². The van der Waals surface area contributed by atoms with E-state index in [2.05, 4.69) is 20.3 Å². The molecule has 2 aliphatic heterocycles. The Bertz CT molecular complexity index is 1470. The topological polar surface area (TPSA) is 130 Å². The van der Waals surface area contributed by atoms with Crippen molar-refractivity contribution in [3.05, 3.63) is 74.2 Å². The number of carboxylic acids is 1. The number of hydrogen-bond acceptors (Lipinski definition) is 10. The van der Waals surface area contributed by atoms with E-state index in [9.17, 15) is 18.4 Å². The van der Waals surface area contributed by atoms with Gasteiger partial charge in [0.25, 0.3) is 6.01 Å². The Labute approximate surface area is 230 Å². The van der Waals surface area contributed by atoms with Crippen LogP contribution in [0.1, 0.15) is 46.9 Å². The number of carboxylic acid groups (broad SMARTS) is 1. The zero-order chi connectivity index (χ0) is 27.7. The van der Waals surface area contributed by atoms with E-state index in [1.165, 1.54) is 17.4 Å². The van der Waals surface area contributed by atoms with Crippen LogP contribution >= 0.6 is 22.9 Å². The number of amidine groups is 1. The van der Waals surface area contributed by atoms with E-state index >= 15 is 0 Å². The number of nitrogens with zero attached hydrogens (tertiary/aromatic N) is 4. The molecule has 4 heterocycles. The van der Waals surface area contributed by atoms with Crippen LogP contribution in [-0.4, -0.2) is 52.5 Å². The molecular weight excluding hydrogens is 556 g/mol. The highest BCUT2D eigenvalue weighted by molar-refractivity contribution is 7.11. The van der Waals surface area contributed by atoms with Gasteiger partial charge >= 0.3 is 11.9 Å². The number of halogens is 3. The Morgan fingerprint density at radius 1 is 1.28 bits per heavy atom. The molecule has 39 heavy (non-hydrogen) atoms. The number of piperidine rings is 1. The maximum atomic E-state index is 14.5. The summed E-state index contributed by atoms with van der Waals surface area (Å²) in [5.41, 5.74) is 0.788. The highest BCUT2D eigenvalue weighted by Gasteiger charge is 2.38. The quantitative estimate of drug-likeness (QED) is 0.306. The van der Waals surface area contributed by atoms with Gasteiger partial charge in [0.2, 0.25) is 5.76 Å². The fraction of sp³-hybridized carbons (Fsp3) is 0.320. The van der Waals surface area contributed by atoms with Crippen molar-refractivity contribution in [1.82, 2.24) is 15.3 Å². The Hall–Kier alpha value is -3.84. The van der Waals surface area contributed by atoms with Crippen molar-refractivity contribution >= 4 is 46.7 Å². The van der Waals surface area contributed by atoms with Gasteiger partial charge in [0.15, 0.2) is 22.5 Å². The number of esters is 1. The van der Waals surface area contributed by atoms with Gasteiger partial charge in [-0.2, -0.15) is 0 Å². The molecule has 1 aromatic carbocycles. The number of ether oxygens (including phenoxy) is 1. The SMILES string of the molecule is CCOC(=O)C1=C(C2CCN(c3ncc(C(=O)O)o3)CC2)NC(c2nccs2)=NC1c1ccc(F)c(F)c1Cl. The van der Waals surface area contributed by atoms with E-state index in [0.717, 1.165) is 12.3 Å². The summed E-state index contributed by atoms with van der Waals surface area (Å²) in [6, 6.07) is 1.37. The van der Waals surface area contributed by atoms with Crippen LogP contribution in [0.15, 0.2) is 50.6 Å². The number of carbonyl (C=O) groups is 2. The van der Waals surface area contributed by atoms with Gasteiger partial charge < -0.3 is 24.5 Å². The summed E-state index contributed by atoms with van der Waals surface area (Å²) in [5, 5.41) is 14.2. The molecule has 0 bridgehead atoms. The van der Waals surface area contributed by atoms with Crippen molar-refractivity contribution in [3.8, 4) is 0 Å². The summed E-state index contributed by atoms with van der Waals surface area (Å²) >= 11 is 7.56. The highest BCUT2D eigenvalue weighted by Crippen LogP contribution is 2.41. The molecule has 2 aromatic heterocycles. The summed E-state index contributed by atoms with van der Waals surface area (Å²) in [6.45, 7) is 2.65. The first-order valence-corrected chi connectivity index (χ1v) is 13.3. The number of aliphatic imine (C=N–C) groups is 1. The molecule has 0 aliphatic carbocycles. The minimum absolute atomic E-state index is 0.0887. The molecule has 1 fully saturated rings. The Morgan fingerprint density at radius 2 is 2.05 bits per heavy atom. The molecule has 2 aliphatic rings. The number of aromatic nitrogens is 2. The minimum atomic E-state index is -1.23. The smallest absolute Gasteiger partial charge is 0.373 e.